The van der Waals surface area contributed by atoms with Crippen molar-refractivity contribution in [2.45, 2.75) is 32.2 Å². The van der Waals surface area contributed by atoms with Crippen molar-refractivity contribution in [2.24, 2.45) is 0 Å². The quantitative estimate of drug-likeness (QED) is 0.705. The average Bonchev–Trinajstić information content (AvgIpc) is 3.11. The monoisotopic (exact) mass is 353 g/mol. The van der Waals surface area contributed by atoms with Gasteiger partial charge in [0, 0.05) is 6.04 Å². The van der Waals surface area contributed by atoms with E-state index in [0.29, 0.717) is 12.3 Å². The average molecular weight is 353 g/mol. The Hall–Kier alpha value is -3.02. The van der Waals surface area contributed by atoms with Crippen molar-refractivity contribution in [1.29, 1.82) is 0 Å². The molecule has 1 aromatic heterocycles. The van der Waals surface area contributed by atoms with Crippen LogP contribution in [0.3, 0.4) is 0 Å². The number of carbonyl (C=O) groups excluding carboxylic acids is 1. The van der Waals surface area contributed by atoms with Crippen molar-refractivity contribution < 1.29 is 13.6 Å². The first kappa shape index (κ1) is 17.8. The van der Waals surface area contributed by atoms with E-state index < -0.39 is 0 Å². The summed E-state index contributed by atoms with van der Waals surface area (Å²) in [6, 6.07) is 16.1. The maximum atomic E-state index is 12.9. The third-order valence-corrected chi connectivity index (χ3v) is 4.02. The molecule has 6 heteroatoms. The first-order valence-corrected chi connectivity index (χ1v) is 8.52. The zero-order valence-electron chi connectivity index (χ0n) is 14.5. The normalized spacial score (nSPS) is 11.9. The Bertz CT molecular complexity index is 847. The van der Waals surface area contributed by atoms with Gasteiger partial charge < -0.3 is 9.73 Å². The lowest BCUT2D eigenvalue weighted by Crippen LogP contribution is -2.33. The van der Waals surface area contributed by atoms with Crippen LogP contribution in [0, 0.1) is 5.82 Å². The highest BCUT2D eigenvalue weighted by molar-refractivity contribution is 5.89. The number of nitrogens with one attached hydrogen (secondary N) is 1. The zero-order chi connectivity index (χ0) is 18.4. The number of hydrogen-bond acceptors (Lipinski definition) is 4. The van der Waals surface area contributed by atoms with E-state index >= 15 is 0 Å². The Labute approximate surface area is 151 Å². The molecule has 134 valence electrons. The molecule has 0 saturated heterocycles. The number of halogens is 1. The van der Waals surface area contributed by atoms with Crippen LogP contribution in [0.4, 0.5) is 4.39 Å². The smallest absolute Gasteiger partial charge is 0.309 e. The predicted octanol–water partition coefficient (Wildman–Crippen LogP) is 3.55. The second kappa shape index (κ2) is 8.38. The second-order valence-corrected chi connectivity index (χ2v) is 6.20. The Kier molecular flexibility index (Phi) is 5.73. The van der Waals surface area contributed by atoms with Gasteiger partial charge in [0.05, 0.1) is 6.42 Å². The number of benzene rings is 2. The van der Waals surface area contributed by atoms with Gasteiger partial charge in [-0.2, -0.15) is 0 Å². The van der Waals surface area contributed by atoms with Crippen LogP contribution in [0.25, 0.3) is 0 Å². The van der Waals surface area contributed by atoms with Gasteiger partial charge in [0.25, 0.3) is 0 Å². The number of aromatic nitrogens is 2. The number of carbonyl (C=O) groups is 1. The van der Waals surface area contributed by atoms with Crippen molar-refractivity contribution in [3.05, 3.63) is 83.3 Å². The molecule has 0 aliphatic rings. The first-order valence-electron chi connectivity index (χ1n) is 8.52. The number of nitrogens with zero attached hydrogens (tertiary/aromatic N) is 2. The summed E-state index contributed by atoms with van der Waals surface area (Å²) in [5.74, 6) is -0.431. The molecule has 0 fully saturated rings. The van der Waals surface area contributed by atoms with Gasteiger partial charge in [-0.3, -0.25) is 4.79 Å². The molecule has 0 unspecified atom stereocenters. The predicted molar refractivity (Wildman–Crippen MR) is 95.2 cm³/mol. The summed E-state index contributed by atoms with van der Waals surface area (Å²) in [6.07, 6.45) is 2.04. The van der Waals surface area contributed by atoms with E-state index in [4.69, 9.17) is 4.42 Å². The molecule has 1 amide bonds. The maximum Gasteiger partial charge on any atom is 0.309 e. The summed E-state index contributed by atoms with van der Waals surface area (Å²) in [4.78, 5) is 12.2. The highest BCUT2D eigenvalue weighted by Gasteiger charge is 2.17. The van der Waals surface area contributed by atoms with Crippen molar-refractivity contribution >= 4 is 5.91 Å². The van der Waals surface area contributed by atoms with Crippen LogP contribution < -0.4 is 5.32 Å². The maximum absolute atomic E-state index is 12.9. The van der Waals surface area contributed by atoms with Crippen LogP contribution in [0.15, 0.2) is 59.0 Å². The summed E-state index contributed by atoms with van der Waals surface area (Å²) in [7, 11) is 0. The third kappa shape index (κ3) is 4.99. The fourth-order valence-electron chi connectivity index (χ4n) is 2.58. The lowest BCUT2D eigenvalue weighted by molar-refractivity contribution is 0.0901. The van der Waals surface area contributed by atoms with Crippen LogP contribution in [0.1, 0.15) is 41.0 Å². The lowest BCUT2D eigenvalue weighted by Gasteiger charge is -2.12. The zero-order valence-corrected chi connectivity index (χ0v) is 14.5. The van der Waals surface area contributed by atoms with Crippen LogP contribution in [0.2, 0.25) is 0 Å². The van der Waals surface area contributed by atoms with Gasteiger partial charge in [0.15, 0.2) is 0 Å². The van der Waals surface area contributed by atoms with Gasteiger partial charge in [-0.1, -0.05) is 42.5 Å². The molecule has 1 N–H and O–H groups in total. The van der Waals surface area contributed by atoms with E-state index in [2.05, 4.69) is 27.6 Å². The van der Waals surface area contributed by atoms with E-state index in [0.717, 1.165) is 18.4 Å². The SMILES string of the molecule is C[C@H](CCc1ccccc1)NC(=O)c1nnc(Cc2ccc(F)cc2)o1. The fourth-order valence-corrected chi connectivity index (χ4v) is 2.58. The highest BCUT2D eigenvalue weighted by Crippen LogP contribution is 2.10. The molecule has 1 heterocycles. The number of amides is 1. The topological polar surface area (TPSA) is 68.0 Å². The van der Waals surface area contributed by atoms with Crippen LogP contribution in [0.5, 0.6) is 0 Å². The Balaban J connectivity index is 1.51. The van der Waals surface area contributed by atoms with Gasteiger partial charge >= 0.3 is 11.8 Å². The molecule has 0 spiro atoms. The van der Waals surface area contributed by atoms with Crippen LogP contribution in [-0.4, -0.2) is 22.1 Å². The molecule has 0 bridgehead atoms. The minimum absolute atomic E-state index is 0.0184. The Morgan fingerprint density at radius 3 is 2.54 bits per heavy atom. The van der Waals surface area contributed by atoms with E-state index in [9.17, 15) is 9.18 Å². The minimum atomic E-state index is -0.386. The highest BCUT2D eigenvalue weighted by atomic mass is 19.1. The molecule has 3 rings (SSSR count). The van der Waals surface area contributed by atoms with Crippen molar-refractivity contribution in [3.63, 3.8) is 0 Å². The molecule has 2 aromatic carbocycles. The fraction of sp³-hybridized carbons (Fsp3) is 0.250. The summed E-state index contributed by atoms with van der Waals surface area (Å²) in [5.41, 5.74) is 2.06. The minimum Gasteiger partial charge on any atom is -0.417 e. The van der Waals surface area contributed by atoms with Crippen molar-refractivity contribution in [3.8, 4) is 0 Å². The van der Waals surface area contributed by atoms with Gasteiger partial charge in [-0.15, -0.1) is 10.2 Å². The number of hydrogen-bond donors (Lipinski definition) is 1. The molecule has 3 aromatic rings. The van der Waals surface area contributed by atoms with Crippen molar-refractivity contribution in [1.82, 2.24) is 15.5 Å². The number of rotatable bonds is 7. The van der Waals surface area contributed by atoms with Gasteiger partial charge in [-0.05, 0) is 43.0 Å². The molecule has 0 radical (unpaired) electrons. The summed E-state index contributed by atoms with van der Waals surface area (Å²) in [6.45, 7) is 1.94. The van der Waals surface area contributed by atoms with E-state index in [-0.39, 0.29) is 23.7 Å². The molecule has 1 atom stereocenters. The molecule has 0 aliphatic heterocycles. The van der Waals surface area contributed by atoms with E-state index in [1.807, 2.05) is 25.1 Å². The first-order chi connectivity index (χ1) is 12.6. The molecule has 0 aliphatic carbocycles. The Morgan fingerprint density at radius 2 is 1.81 bits per heavy atom. The van der Waals surface area contributed by atoms with E-state index in [1.54, 1.807) is 12.1 Å². The summed E-state index contributed by atoms with van der Waals surface area (Å²) in [5, 5.41) is 10.5. The molecule has 5 nitrogen and oxygen atoms in total. The molecular formula is C20H20FN3O2. The van der Waals surface area contributed by atoms with E-state index in [1.165, 1.54) is 17.7 Å². The molecular weight excluding hydrogens is 333 g/mol. The molecule has 26 heavy (non-hydrogen) atoms. The lowest BCUT2D eigenvalue weighted by atomic mass is 10.1. The van der Waals surface area contributed by atoms with Gasteiger partial charge in [0.1, 0.15) is 5.82 Å². The Morgan fingerprint density at radius 1 is 1.08 bits per heavy atom. The van der Waals surface area contributed by atoms with Crippen LogP contribution >= 0.6 is 0 Å². The van der Waals surface area contributed by atoms with Crippen LogP contribution in [-0.2, 0) is 12.8 Å². The number of aryl methyl sites for hydroxylation is 1. The second-order valence-electron chi connectivity index (χ2n) is 6.20. The van der Waals surface area contributed by atoms with Gasteiger partial charge in [0.2, 0.25) is 5.89 Å². The summed E-state index contributed by atoms with van der Waals surface area (Å²) < 4.78 is 18.3. The largest absolute Gasteiger partial charge is 0.417 e. The van der Waals surface area contributed by atoms with Crippen molar-refractivity contribution in [2.75, 3.05) is 0 Å². The van der Waals surface area contributed by atoms with Gasteiger partial charge in [-0.25, -0.2) is 4.39 Å². The summed E-state index contributed by atoms with van der Waals surface area (Å²) >= 11 is 0. The molecule has 0 saturated carbocycles. The third-order valence-electron chi connectivity index (χ3n) is 4.02. The standard InChI is InChI=1S/C20H20FN3O2/c1-14(7-8-15-5-3-2-4-6-15)22-19(25)20-24-23-18(26-20)13-16-9-11-17(21)12-10-16/h2-6,9-12,14H,7-8,13H2,1H3,(H,22,25)/t14-/m1/s1.